The van der Waals surface area contributed by atoms with E-state index >= 15 is 0 Å². The number of hydrogen-bond donors (Lipinski definition) is 1. The van der Waals surface area contributed by atoms with Crippen LogP contribution in [0.25, 0.3) is 0 Å². The molecular formula is C22H28N2O6S. The van der Waals surface area contributed by atoms with Crippen molar-refractivity contribution in [1.82, 2.24) is 4.31 Å². The van der Waals surface area contributed by atoms with Crippen molar-refractivity contribution in [3.8, 4) is 11.5 Å². The third-order valence-corrected chi connectivity index (χ3v) is 6.84. The first-order chi connectivity index (χ1) is 15.0. The van der Waals surface area contributed by atoms with Crippen molar-refractivity contribution >= 4 is 21.6 Å². The van der Waals surface area contributed by atoms with Crippen LogP contribution in [-0.2, 0) is 26.0 Å². The molecule has 1 heterocycles. The fourth-order valence-corrected chi connectivity index (χ4v) is 4.82. The van der Waals surface area contributed by atoms with Gasteiger partial charge in [0, 0.05) is 19.5 Å². The molecule has 0 saturated carbocycles. The predicted octanol–water partition coefficient (Wildman–Crippen LogP) is 2.69. The lowest BCUT2D eigenvalue weighted by atomic mass is 10.1. The average Bonchev–Trinajstić information content (AvgIpc) is 2.79. The summed E-state index contributed by atoms with van der Waals surface area (Å²) in [6, 6.07) is 12.0. The first-order valence-electron chi connectivity index (χ1n) is 10.2. The zero-order valence-electron chi connectivity index (χ0n) is 17.8. The number of para-hydroxylation sites is 2. The summed E-state index contributed by atoms with van der Waals surface area (Å²) in [7, 11) is -2.11. The molecule has 9 heteroatoms. The molecule has 0 spiro atoms. The fraction of sp³-hybridized carbons (Fsp3) is 0.409. The van der Waals surface area contributed by atoms with Gasteiger partial charge in [0.05, 0.1) is 37.5 Å². The molecule has 1 saturated heterocycles. The number of anilines is 1. The molecule has 0 aromatic heterocycles. The maximum Gasteiger partial charge on any atom is 0.243 e. The number of amides is 1. The average molecular weight is 449 g/mol. The van der Waals surface area contributed by atoms with Gasteiger partial charge in [0.2, 0.25) is 15.9 Å². The van der Waals surface area contributed by atoms with E-state index in [1.54, 1.807) is 24.3 Å². The van der Waals surface area contributed by atoms with Gasteiger partial charge in [-0.2, -0.15) is 4.31 Å². The smallest absolute Gasteiger partial charge is 0.243 e. The molecule has 1 aliphatic heterocycles. The summed E-state index contributed by atoms with van der Waals surface area (Å²) < 4.78 is 43.5. The quantitative estimate of drug-likeness (QED) is 0.634. The predicted molar refractivity (Wildman–Crippen MR) is 117 cm³/mol. The van der Waals surface area contributed by atoms with E-state index in [-0.39, 0.29) is 17.2 Å². The Bertz CT molecular complexity index is 1000. The Morgan fingerprint density at radius 1 is 1.13 bits per heavy atom. The van der Waals surface area contributed by atoms with Crippen LogP contribution >= 0.6 is 0 Å². The second-order valence-corrected chi connectivity index (χ2v) is 8.91. The molecule has 1 aliphatic rings. The molecule has 1 amide bonds. The zero-order valence-corrected chi connectivity index (χ0v) is 18.6. The van der Waals surface area contributed by atoms with Crippen molar-refractivity contribution < 1.29 is 27.4 Å². The van der Waals surface area contributed by atoms with Crippen LogP contribution in [0.15, 0.2) is 47.4 Å². The molecule has 1 fully saturated rings. The summed E-state index contributed by atoms with van der Waals surface area (Å²) in [4.78, 5) is 12.7. The van der Waals surface area contributed by atoms with Crippen molar-refractivity contribution in [1.29, 1.82) is 0 Å². The molecule has 2 aromatic rings. The number of methoxy groups -OCH3 is 1. The summed E-state index contributed by atoms with van der Waals surface area (Å²) >= 11 is 0. The van der Waals surface area contributed by atoms with E-state index < -0.39 is 10.0 Å². The molecule has 2 aromatic carbocycles. The molecule has 3 rings (SSSR count). The van der Waals surface area contributed by atoms with Gasteiger partial charge in [-0.05, 0) is 49.2 Å². The van der Waals surface area contributed by atoms with E-state index in [2.05, 4.69) is 5.32 Å². The van der Waals surface area contributed by atoms with Crippen LogP contribution < -0.4 is 14.8 Å². The Labute approximate surface area is 183 Å². The molecule has 0 aliphatic carbocycles. The lowest BCUT2D eigenvalue weighted by Gasteiger charge is -2.26. The lowest BCUT2D eigenvalue weighted by molar-refractivity contribution is -0.116. The Hall–Kier alpha value is -2.62. The summed E-state index contributed by atoms with van der Waals surface area (Å²) in [5, 5.41) is 2.85. The fourth-order valence-electron chi connectivity index (χ4n) is 3.36. The highest BCUT2D eigenvalue weighted by atomic mass is 32.2. The Balaban J connectivity index is 1.72. The van der Waals surface area contributed by atoms with Crippen LogP contribution in [0.4, 0.5) is 5.69 Å². The first kappa shape index (κ1) is 23.1. The van der Waals surface area contributed by atoms with Crippen LogP contribution in [0.1, 0.15) is 18.9 Å². The van der Waals surface area contributed by atoms with E-state index in [4.69, 9.17) is 14.2 Å². The van der Waals surface area contributed by atoms with Gasteiger partial charge in [0.1, 0.15) is 11.5 Å². The summed E-state index contributed by atoms with van der Waals surface area (Å²) in [6.07, 6.45) is 0.496. The monoisotopic (exact) mass is 448 g/mol. The zero-order chi connectivity index (χ0) is 22.3. The number of sulfonamides is 1. The van der Waals surface area contributed by atoms with Gasteiger partial charge >= 0.3 is 0 Å². The number of hydrogen-bond acceptors (Lipinski definition) is 6. The molecule has 8 nitrogen and oxygen atoms in total. The molecular weight excluding hydrogens is 420 g/mol. The lowest BCUT2D eigenvalue weighted by Crippen LogP contribution is -2.40. The van der Waals surface area contributed by atoms with E-state index in [0.717, 1.165) is 0 Å². The van der Waals surface area contributed by atoms with E-state index in [1.165, 1.54) is 17.5 Å². The molecule has 31 heavy (non-hydrogen) atoms. The molecule has 0 atom stereocenters. The van der Waals surface area contributed by atoms with Crippen molar-refractivity contribution in [2.24, 2.45) is 0 Å². The van der Waals surface area contributed by atoms with E-state index in [1.807, 2.05) is 19.1 Å². The first-order valence-corrected chi connectivity index (χ1v) is 11.7. The normalized spacial score (nSPS) is 14.8. The molecule has 1 N–H and O–H groups in total. The van der Waals surface area contributed by atoms with Crippen LogP contribution in [0.5, 0.6) is 11.5 Å². The van der Waals surface area contributed by atoms with Crippen molar-refractivity contribution in [3.63, 3.8) is 0 Å². The maximum atomic E-state index is 13.0. The Morgan fingerprint density at radius 2 is 1.87 bits per heavy atom. The molecule has 0 bridgehead atoms. The highest BCUT2D eigenvalue weighted by Crippen LogP contribution is 2.27. The van der Waals surface area contributed by atoms with Crippen LogP contribution in [0.3, 0.4) is 0 Å². The van der Waals surface area contributed by atoms with Gasteiger partial charge in [0.15, 0.2) is 0 Å². The minimum Gasteiger partial charge on any atom is -0.496 e. The van der Waals surface area contributed by atoms with Gasteiger partial charge in [-0.15, -0.1) is 0 Å². The number of nitrogens with one attached hydrogen (secondary N) is 1. The largest absolute Gasteiger partial charge is 0.496 e. The topological polar surface area (TPSA) is 94.2 Å². The summed E-state index contributed by atoms with van der Waals surface area (Å²) in [5.41, 5.74) is 1.26. The number of ether oxygens (including phenoxy) is 3. The molecule has 168 valence electrons. The van der Waals surface area contributed by atoms with Gasteiger partial charge in [-0.1, -0.05) is 12.1 Å². The number of aryl methyl sites for hydroxylation is 1. The highest BCUT2D eigenvalue weighted by molar-refractivity contribution is 7.89. The van der Waals surface area contributed by atoms with Gasteiger partial charge < -0.3 is 19.5 Å². The number of carbonyl (C=O) groups excluding carboxylic acids is 1. The molecule has 0 radical (unpaired) electrons. The summed E-state index contributed by atoms with van der Waals surface area (Å²) in [5.74, 6) is 0.952. The Morgan fingerprint density at radius 3 is 2.58 bits per heavy atom. The van der Waals surface area contributed by atoms with Crippen LogP contribution in [0.2, 0.25) is 0 Å². The van der Waals surface area contributed by atoms with Gasteiger partial charge in [0.25, 0.3) is 0 Å². The number of carbonyl (C=O) groups is 1. The molecule has 0 unspecified atom stereocenters. The number of benzene rings is 2. The summed E-state index contributed by atoms with van der Waals surface area (Å²) in [6.45, 7) is 3.78. The van der Waals surface area contributed by atoms with Crippen molar-refractivity contribution in [3.05, 3.63) is 48.0 Å². The number of morpholine rings is 1. The van der Waals surface area contributed by atoms with E-state index in [0.29, 0.717) is 62.1 Å². The van der Waals surface area contributed by atoms with Crippen molar-refractivity contribution in [2.45, 2.75) is 24.7 Å². The highest BCUT2D eigenvalue weighted by Gasteiger charge is 2.27. The maximum absolute atomic E-state index is 13.0. The third kappa shape index (κ3) is 5.75. The third-order valence-electron chi connectivity index (χ3n) is 4.94. The van der Waals surface area contributed by atoms with E-state index in [9.17, 15) is 13.2 Å². The second-order valence-electron chi connectivity index (χ2n) is 6.97. The van der Waals surface area contributed by atoms with Crippen molar-refractivity contribution in [2.75, 3.05) is 45.3 Å². The standard InChI is InChI=1S/C22H28N2O6S/c1-3-30-21-7-5-4-6-19(21)23-22(25)11-8-17-16-18(9-10-20(17)28-2)31(26,27)24-12-14-29-15-13-24/h4-7,9-10,16H,3,8,11-15H2,1-2H3,(H,23,25). The van der Waals surface area contributed by atoms with Gasteiger partial charge in [-0.3, -0.25) is 4.79 Å². The second kappa shape index (κ2) is 10.6. The van der Waals surface area contributed by atoms with Crippen LogP contribution in [-0.4, -0.2) is 58.7 Å². The Kier molecular flexibility index (Phi) is 7.89. The number of nitrogens with zero attached hydrogens (tertiary/aromatic N) is 1. The number of rotatable bonds is 9. The van der Waals surface area contributed by atoms with Crippen LogP contribution in [0, 0.1) is 0 Å². The minimum atomic E-state index is -3.63. The SMILES string of the molecule is CCOc1ccccc1NC(=O)CCc1cc(S(=O)(=O)N2CCOCC2)ccc1OC. The van der Waals surface area contributed by atoms with Gasteiger partial charge in [-0.25, -0.2) is 8.42 Å². The minimum absolute atomic E-state index is 0.165.